The average molecular weight is 860 g/mol. The largest absolute Gasteiger partial charge is 0.486 e. The van der Waals surface area contributed by atoms with E-state index in [1.54, 1.807) is 18.3 Å². The van der Waals surface area contributed by atoms with Gasteiger partial charge in [-0.1, -0.05) is 32.4 Å². The monoisotopic (exact) mass is 859 g/mol. The number of carbonyl (C=O) groups is 4. The fraction of sp³-hybridized carbons (Fsp3) is 0.643. The molecular formula is C42H55F2N5O10S. The van der Waals surface area contributed by atoms with Crippen molar-refractivity contribution in [1.29, 1.82) is 0 Å². The third kappa shape index (κ3) is 8.98. The molecule has 3 aliphatic heterocycles. The Balaban J connectivity index is 1.20. The molecule has 0 bridgehead atoms. The van der Waals surface area contributed by atoms with Crippen LogP contribution in [0.3, 0.4) is 0 Å². The van der Waals surface area contributed by atoms with Gasteiger partial charge in [0, 0.05) is 42.3 Å². The molecule has 1 aromatic heterocycles. The number of nitrogens with one attached hydrogen (secondary N) is 3. The number of nitrogens with zero attached hydrogens (tertiary/aromatic N) is 2. The van der Waals surface area contributed by atoms with Crippen LogP contribution < -0.4 is 29.6 Å². The highest BCUT2D eigenvalue weighted by Gasteiger charge is 2.62. The predicted molar refractivity (Wildman–Crippen MR) is 215 cm³/mol. The van der Waals surface area contributed by atoms with Crippen molar-refractivity contribution in [3.8, 4) is 17.4 Å². The Morgan fingerprint density at radius 3 is 2.53 bits per heavy atom. The summed E-state index contributed by atoms with van der Waals surface area (Å²) in [7, 11) is -3.95. The lowest BCUT2D eigenvalue weighted by Gasteiger charge is -2.35. The smallest absolute Gasteiger partial charge is 0.408 e. The van der Waals surface area contributed by atoms with Gasteiger partial charge in [0.05, 0.1) is 11.9 Å². The molecule has 4 amide bonds. The van der Waals surface area contributed by atoms with Crippen molar-refractivity contribution in [3.05, 3.63) is 36.5 Å². The molecule has 1 aromatic carbocycles. The lowest BCUT2D eigenvalue weighted by molar-refractivity contribution is -0.152. The molecule has 60 heavy (non-hydrogen) atoms. The SMILES string of the molecule is CCC1CC(C)CCC=CC2CC2(C(=O)NS(=O)(=O)C2CC2)NC(=O)C2CC(COc3nccc4c5c(ccc34)OCCO5)CN2C(=O)C1NC(=O)OC(C)(C)C(C)(F)F. The summed E-state index contributed by atoms with van der Waals surface area (Å²) < 4.78 is 80.1. The molecule has 3 fully saturated rings. The zero-order valence-electron chi connectivity index (χ0n) is 34.6. The second-order valence-electron chi connectivity index (χ2n) is 17.6. The lowest BCUT2D eigenvalue weighted by Crippen LogP contribution is -2.59. The van der Waals surface area contributed by atoms with Crippen molar-refractivity contribution in [1.82, 2.24) is 25.2 Å². The Labute approximate surface area is 348 Å². The molecule has 4 heterocycles. The number of alkyl carbamates (subject to hydrolysis) is 1. The van der Waals surface area contributed by atoms with Crippen molar-refractivity contribution in [2.24, 2.45) is 23.7 Å². The standard InChI is InChI=1S/C42H55F2N5O10S/c1-6-26-19-24(2)9-7-8-10-27-21-42(27,38(52)48-60(54,55)28-11-12-28)47-35(50)31-20-25(22-49(31)37(51)33(26)46-39(53)59-40(3,4)41(5,43)44)23-58-36-30-13-14-32-34(57-18-17-56-32)29(30)15-16-45-36/h8,10,13-16,24-28,31,33H,6-7,9,11-12,17-23H2,1-5H3,(H,46,53)(H,47,50)(H,48,52). The molecular weight excluding hydrogens is 805 g/mol. The Bertz CT molecular complexity index is 2140. The van der Waals surface area contributed by atoms with E-state index in [2.05, 4.69) is 20.3 Å². The second kappa shape index (κ2) is 16.6. The predicted octanol–water partition coefficient (Wildman–Crippen LogP) is 5.02. The van der Waals surface area contributed by atoms with Crippen LogP contribution in [0, 0.1) is 23.7 Å². The number of carbonyl (C=O) groups excluding carboxylic acids is 4. The molecule has 0 spiro atoms. The lowest BCUT2D eigenvalue weighted by atomic mass is 9.85. The van der Waals surface area contributed by atoms with E-state index in [1.165, 1.54) is 4.90 Å². The second-order valence-corrected chi connectivity index (χ2v) is 19.6. The maximum atomic E-state index is 15.0. The topological polar surface area (TPSA) is 192 Å². The summed E-state index contributed by atoms with van der Waals surface area (Å²) in [5.74, 6) is -5.50. The van der Waals surface area contributed by atoms with Crippen molar-refractivity contribution in [2.75, 3.05) is 26.4 Å². The molecule has 1 saturated heterocycles. The first-order chi connectivity index (χ1) is 28.3. The summed E-state index contributed by atoms with van der Waals surface area (Å²) in [6, 6.07) is 2.92. The molecule has 2 saturated carbocycles. The number of pyridine rings is 1. The first kappa shape index (κ1) is 43.4. The van der Waals surface area contributed by atoms with Crippen LogP contribution in [0.2, 0.25) is 0 Å². The van der Waals surface area contributed by atoms with Gasteiger partial charge in [0.25, 0.3) is 11.8 Å². The summed E-state index contributed by atoms with van der Waals surface area (Å²) in [6.07, 6.45) is 7.39. The van der Waals surface area contributed by atoms with Gasteiger partial charge >= 0.3 is 6.09 Å². The highest BCUT2D eigenvalue weighted by Crippen LogP contribution is 2.47. The van der Waals surface area contributed by atoms with Crippen molar-refractivity contribution < 1.29 is 55.3 Å². The van der Waals surface area contributed by atoms with E-state index in [-0.39, 0.29) is 31.9 Å². The summed E-state index contributed by atoms with van der Waals surface area (Å²) in [5, 5.41) is 6.20. The highest BCUT2D eigenvalue weighted by molar-refractivity contribution is 7.91. The van der Waals surface area contributed by atoms with Gasteiger partial charge in [-0.25, -0.2) is 27.0 Å². The van der Waals surface area contributed by atoms with Crippen LogP contribution >= 0.6 is 0 Å². The number of hydrogen-bond acceptors (Lipinski definition) is 11. The minimum atomic E-state index is -3.95. The van der Waals surface area contributed by atoms with E-state index < -0.39 is 86.0 Å². The average Bonchev–Trinajstić information content (AvgIpc) is 4.12. The molecule has 15 nitrogen and oxygen atoms in total. The van der Waals surface area contributed by atoms with Gasteiger partial charge in [-0.3, -0.25) is 19.1 Å². The Morgan fingerprint density at radius 1 is 1.07 bits per heavy atom. The fourth-order valence-electron chi connectivity index (χ4n) is 8.40. The summed E-state index contributed by atoms with van der Waals surface area (Å²) in [5.41, 5.74) is -3.79. The highest BCUT2D eigenvalue weighted by atomic mass is 32.2. The van der Waals surface area contributed by atoms with Crippen LogP contribution in [0.4, 0.5) is 13.6 Å². The number of sulfonamides is 1. The fourth-order valence-corrected chi connectivity index (χ4v) is 9.77. The van der Waals surface area contributed by atoms with Crippen molar-refractivity contribution in [2.45, 2.75) is 120 Å². The Morgan fingerprint density at radius 2 is 1.82 bits per heavy atom. The molecule has 0 radical (unpaired) electrons. The zero-order valence-corrected chi connectivity index (χ0v) is 35.4. The molecule has 2 aliphatic carbocycles. The van der Waals surface area contributed by atoms with Gasteiger partial charge in [0.1, 0.15) is 30.8 Å². The Kier molecular flexibility index (Phi) is 12.0. The summed E-state index contributed by atoms with van der Waals surface area (Å²) in [6.45, 7) is 7.48. The molecule has 3 N–H and O–H groups in total. The van der Waals surface area contributed by atoms with Gasteiger partial charge in [-0.15, -0.1) is 0 Å². The van der Waals surface area contributed by atoms with Crippen LogP contribution in [0.5, 0.6) is 17.4 Å². The summed E-state index contributed by atoms with van der Waals surface area (Å²) in [4.78, 5) is 62.6. The Hall–Kier alpha value is -4.74. The van der Waals surface area contributed by atoms with E-state index >= 15 is 0 Å². The minimum Gasteiger partial charge on any atom is -0.486 e. The number of hydrogen-bond donors (Lipinski definition) is 3. The van der Waals surface area contributed by atoms with E-state index in [4.69, 9.17) is 18.9 Å². The van der Waals surface area contributed by atoms with Crippen molar-refractivity contribution in [3.63, 3.8) is 0 Å². The number of alkyl halides is 2. The molecule has 7 atom stereocenters. The molecule has 7 rings (SSSR count). The van der Waals surface area contributed by atoms with Crippen LogP contribution in [-0.2, 0) is 29.1 Å². The van der Waals surface area contributed by atoms with E-state index in [9.17, 15) is 36.4 Å². The first-order valence-corrected chi connectivity index (χ1v) is 22.4. The maximum absolute atomic E-state index is 15.0. The van der Waals surface area contributed by atoms with Crippen LogP contribution in [0.15, 0.2) is 36.5 Å². The normalized spacial score (nSPS) is 28.7. The number of benzene rings is 1. The van der Waals surface area contributed by atoms with Crippen LogP contribution in [0.25, 0.3) is 10.8 Å². The number of ether oxygens (including phenoxy) is 4. The molecule has 328 valence electrons. The van der Waals surface area contributed by atoms with Crippen LogP contribution in [-0.4, -0.2) is 103 Å². The number of allylic oxidation sites excluding steroid dienone is 1. The molecule has 5 aliphatic rings. The molecule has 7 unspecified atom stereocenters. The van der Waals surface area contributed by atoms with Crippen LogP contribution in [0.1, 0.15) is 86.0 Å². The first-order valence-electron chi connectivity index (χ1n) is 20.9. The third-order valence-electron chi connectivity index (χ3n) is 12.6. The van der Waals surface area contributed by atoms with Gasteiger partial charge < -0.3 is 34.5 Å². The van der Waals surface area contributed by atoms with Crippen molar-refractivity contribution >= 4 is 44.6 Å². The number of fused-ring (bicyclic) bond motifs is 5. The van der Waals surface area contributed by atoms with E-state index in [0.717, 1.165) is 19.2 Å². The minimum absolute atomic E-state index is 0.00956. The number of aromatic nitrogens is 1. The quantitative estimate of drug-likeness (QED) is 0.272. The molecule has 2 aromatic rings. The third-order valence-corrected chi connectivity index (χ3v) is 14.5. The number of amides is 4. The zero-order chi connectivity index (χ0) is 43.2. The van der Waals surface area contributed by atoms with Gasteiger partial charge in [0.15, 0.2) is 17.1 Å². The van der Waals surface area contributed by atoms with Gasteiger partial charge in [-0.05, 0) is 88.8 Å². The summed E-state index contributed by atoms with van der Waals surface area (Å²) >= 11 is 0. The maximum Gasteiger partial charge on any atom is 0.408 e. The van der Waals surface area contributed by atoms with Gasteiger partial charge in [0.2, 0.25) is 27.7 Å². The molecule has 18 heteroatoms. The van der Waals surface area contributed by atoms with E-state index in [0.29, 0.717) is 81.4 Å². The van der Waals surface area contributed by atoms with E-state index in [1.807, 2.05) is 32.1 Å². The number of halogens is 2. The number of rotatable bonds is 10. The van der Waals surface area contributed by atoms with Gasteiger partial charge in [-0.2, -0.15) is 0 Å².